The number of methoxy groups -OCH3 is 2. The summed E-state index contributed by atoms with van der Waals surface area (Å²) >= 11 is 0. The Kier molecular flexibility index (Phi) is 7.00. The van der Waals surface area contributed by atoms with Gasteiger partial charge in [0, 0.05) is 30.1 Å². The van der Waals surface area contributed by atoms with E-state index in [4.69, 9.17) is 13.9 Å². The molecule has 0 atom stereocenters. The van der Waals surface area contributed by atoms with Gasteiger partial charge in [-0.3, -0.25) is 9.69 Å². The second-order valence-electron chi connectivity index (χ2n) is 8.88. The number of furan rings is 1. The second-order valence-corrected chi connectivity index (χ2v) is 8.88. The quantitative estimate of drug-likeness (QED) is 0.309. The van der Waals surface area contributed by atoms with Crippen LogP contribution in [0.15, 0.2) is 70.1 Å². The molecule has 3 heterocycles. The summed E-state index contributed by atoms with van der Waals surface area (Å²) < 4.78 is 18.0. The lowest BCUT2D eigenvalue weighted by Gasteiger charge is -2.22. The highest BCUT2D eigenvalue weighted by Gasteiger charge is 2.17. The summed E-state index contributed by atoms with van der Waals surface area (Å²) in [4.78, 5) is 18.2. The SMILES string of the molecule is COc1cc2cc(CN(Cc3ccc(C)cc3)Cc3nnnn3Cc3ccco3)c(=O)[nH]c2cc1OC. The number of tetrazole rings is 1. The Bertz CT molecular complexity index is 1540. The molecule has 0 saturated heterocycles. The molecule has 10 nitrogen and oxygen atoms in total. The average molecular weight is 501 g/mol. The van der Waals surface area contributed by atoms with Gasteiger partial charge in [0.15, 0.2) is 17.3 Å². The van der Waals surface area contributed by atoms with Crippen LogP contribution in [0.3, 0.4) is 0 Å². The van der Waals surface area contributed by atoms with Crippen molar-refractivity contribution in [1.29, 1.82) is 0 Å². The van der Waals surface area contributed by atoms with Crippen LogP contribution in [0.4, 0.5) is 0 Å². The van der Waals surface area contributed by atoms with Crippen LogP contribution in [0.2, 0.25) is 0 Å². The van der Waals surface area contributed by atoms with E-state index < -0.39 is 0 Å². The van der Waals surface area contributed by atoms with Crippen molar-refractivity contribution in [2.75, 3.05) is 14.2 Å². The van der Waals surface area contributed by atoms with Crippen molar-refractivity contribution in [1.82, 2.24) is 30.1 Å². The number of ether oxygens (including phenoxy) is 2. The Balaban J connectivity index is 1.46. The van der Waals surface area contributed by atoms with E-state index in [0.717, 1.165) is 16.7 Å². The Hall–Kier alpha value is -4.44. The summed E-state index contributed by atoms with van der Waals surface area (Å²) in [5.74, 6) is 2.59. The predicted molar refractivity (Wildman–Crippen MR) is 137 cm³/mol. The summed E-state index contributed by atoms with van der Waals surface area (Å²) in [5, 5.41) is 13.1. The molecule has 0 aliphatic rings. The number of nitrogens with zero attached hydrogens (tertiary/aromatic N) is 5. The smallest absolute Gasteiger partial charge is 0.252 e. The minimum Gasteiger partial charge on any atom is -0.493 e. The van der Waals surface area contributed by atoms with Crippen LogP contribution < -0.4 is 15.0 Å². The minimum atomic E-state index is -0.163. The summed E-state index contributed by atoms with van der Waals surface area (Å²) in [7, 11) is 3.16. The number of fused-ring (bicyclic) bond motifs is 1. The lowest BCUT2D eigenvalue weighted by atomic mass is 10.1. The van der Waals surface area contributed by atoms with Crippen molar-refractivity contribution in [2.45, 2.75) is 33.1 Å². The summed E-state index contributed by atoms with van der Waals surface area (Å²) in [5.41, 5.74) is 3.45. The molecular weight excluding hydrogens is 472 g/mol. The fourth-order valence-corrected chi connectivity index (χ4v) is 4.27. The van der Waals surface area contributed by atoms with E-state index in [1.807, 2.05) is 24.3 Å². The highest BCUT2D eigenvalue weighted by molar-refractivity contribution is 5.83. The van der Waals surface area contributed by atoms with Gasteiger partial charge in [0.25, 0.3) is 5.56 Å². The monoisotopic (exact) mass is 500 g/mol. The molecule has 190 valence electrons. The number of aromatic amines is 1. The molecule has 0 fully saturated rings. The third-order valence-electron chi connectivity index (χ3n) is 6.20. The first-order valence-electron chi connectivity index (χ1n) is 11.9. The van der Waals surface area contributed by atoms with E-state index in [9.17, 15) is 4.79 Å². The molecule has 3 aromatic heterocycles. The molecule has 0 bridgehead atoms. The molecule has 2 aromatic carbocycles. The molecule has 5 aromatic rings. The van der Waals surface area contributed by atoms with Gasteiger partial charge in [0.2, 0.25) is 0 Å². The van der Waals surface area contributed by atoms with Crippen LogP contribution >= 0.6 is 0 Å². The second kappa shape index (κ2) is 10.7. The number of benzene rings is 2. The number of aryl methyl sites for hydroxylation is 1. The molecular formula is C27H28N6O4. The topological polar surface area (TPSA) is 111 Å². The Morgan fingerprint density at radius 2 is 1.78 bits per heavy atom. The lowest BCUT2D eigenvalue weighted by molar-refractivity contribution is 0.235. The van der Waals surface area contributed by atoms with E-state index in [-0.39, 0.29) is 5.56 Å². The summed E-state index contributed by atoms with van der Waals surface area (Å²) in [6.45, 7) is 3.91. The number of nitrogens with one attached hydrogen (secondary N) is 1. The molecule has 5 rings (SSSR count). The van der Waals surface area contributed by atoms with Crippen molar-refractivity contribution >= 4 is 10.9 Å². The van der Waals surface area contributed by atoms with Gasteiger partial charge in [-0.15, -0.1) is 5.10 Å². The van der Waals surface area contributed by atoms with Crippen LogP contribution in [0.5, 0.6) is 11.5 Å². The van der Waals surface area contributed by atoms with Crippen LogP contribution in [-0.2, 0) is 26.2 Å². The summed E-state index contributed by atoms with van der Waals surface area (Å²) in [6.07, 6.45) is 1.62. The van der Waals surface area contributed by atoms with Crippen molar-refractivity contribution in [3.8, 4) is 11.5 Å². The third-order valence-corrected chi connectivity index (χ3v) is 6.20. The van der Waals surface area contributed by atoms with E-state index in [1.54, 1.807) is 31.2 Å². The van der Waals surface area contributed by atoms with Gasteiger partial charge >= 0.3 is 0 Å². The fraction of sp³-hybridized carbons (Fsp3) is 0.259. The zero-order chi connectivity index (χ0) is 25.8. The highest BCUT2D eigenvalue weighted by atomic mass is 16.5. The molecule has 0 aliphatic heterocycles. The first-order valence-corrected chi connectivity index (χ1v) is 11.9. The van der Waals surface area contributed by atoms with Gasteiger partial charge in [0.1, 0.15) is 12.3 Å². The number of rotatable bonds is 10. The van der Waals surface area contributed by atoms with E-state index >= 15 is 0 Å². The highest BCUT2D eigenvalue weighted by Crippen LogP contribution is 2.31. The van der Waals surface area contributed by atoms with Gasteiger partial charge in [-0.1, -0.05) is 29.8 Å². The van der Waals surface area contributed by atoms with Crippen LogP contribution in [-0.4, -0.2) is 44.3 Å². The van der Waals surface area contributed by atoms with Crippen LogP contribution in [0.1, 0.15) is 28.3 Å². The van der Waals surface area contributed by atoms with Gasteiger partial charge in [0.05, 0.1) is 32.5 Å². The van der Waals surface area contributed by atoms with Crippen molar-refractivity contribution in [2.24, 2.45) is 0 Å². The summed E-state index contributed by atoms with van der Waals surface area (Å²) in [6, 6.07) is 17.6. The molecule has 37 heavy (non-hydrogen) atoms. The predicted octanol–water partition coefficient (Wildman–Crippen LogP) is 3.68. The third kappa shape index (κ3) is 5.54. The molecule has 1 N–H and O–H groups in total. The zero-order valence-corrected chi connectivity index (χ0v) is 21.0. The first-order chi connectivity index (χ1) is 18.0. The molecule has 0 saturated carbocycles. The van der Waals surface area contributed by atoms with E-state index in [1.165, 1.54) is 5.56 Å². The van der Waals surface area contributed by atoms with Crippen molar-refractivity contribution < 1.29 is 13.9 Å². The largest absolute Gasteiger partial charge is 0.493 e. The maximum atomic E-state index is 13.1. The van der Waals surface area contributed by atoms with Gasteiger partial charge in [-0.05, 0) is 47.2 Å². The van der Waals surface area contributed by atoms with Gasteiger partial charge in [-0.2, -0.15) is 0 Å². The standard InChI is InChI=1S/C27H28N6O4/c1-18-6-8-19(9-7-18)14-32(17-26-29-30-31-33(26)16-22-5-4-10-37-22)15-21-11-20-12-24(35-2)25(36-3)13-23(20)28-27(21)34/h4-13H,14-17H2,1-3H3,(H,28,34). The molecule has 0 aliphatic carbocycles. The number of H-pyrrole nitrogens is 1. The first kappa shape index (κ1) is 24.3. The van der Waals surface area contributed by atoms with Crippen molar-refractivity contribution in [3.05, 3.63) is 99.5 Å². The maximum Gasteiger partial charge on any atom is 0.252 e. The van der Waals surface area contributed by atoms with Gasteiger partial charge < -0.3 is 18.9 Å². The number of aromatic nitrogens is 5. The maximum absolute atomic E-state index is 13.1. The van der Waals surface area contributed by atoms with E-state index in [0.29, 0.717) is 54.6 Å². The lowest BCUT2D eigenvalue weighted by Crippen LogP contribution is -2.28. The van der Waals surface area contributed by atoms with Crippen LogP contribution in [0.25, 0.3) is 10.9 Å². The molecule has 0 amide bonds. The normalized spacial score (nSPS) is 11.4. The number of hydrogen-bond donors (Lipinski definition) is 1. The Morgan fingerprint density at radius 3 is 2.51 bits per heavy atom. The molecule has 0 spiro atoms. The Labute approximate surface area is 213 Å². The van der Waals surface area contributed by atoms with E-state index in [2.05, 4.69) is 56.6 Å². The Morgan fingerprint density at radius 1 is 1.00 bits per heavy atom. The van der Waals surface area contributed by atoms with Crippen molar-refractivity contribution in [3.63, 3.8) is 0 Å². The average Bonchev–Trinajstić information content (AvgIpc) is 3.57. The molecule has 0 unspecified atom stereocenters. The minimum absolute atomic E-state index is 0.163. The molecule has 0 radical (unpaired) electrons. The molecule has 10 heteroatoms. The zero-order valence-electron chi connectivity index (χ0n) is 21.0. The fourth-order valence-electron chi connectivity index (χ4n) is 4.27. The van der Waals surface area contributed by atoms with Gasteiger partial charge in [-0.25, -0.2) is 4.68 Å². The number of pyridine rings is 1. The van der Waals surface area contributed by atoms with Crippen LogP contribution in [0, 0.1) is 6.92 Å². The number of hydrogen-bond acceptors (Lipinski definition) is 8.